The van der Waals surface area contributed by atoms with Crippen LogP contribution >= 0.6 is 11.8 Å². The third-order valence-electron chi connectivity index (χ3n) is 2.39. The van der Waals surface area contributed by atoms with Gasteiger partial charge in [-0.25, -0.2) is 8.42 Å². The van der Waals surface area contributed by atoms with Crippen molar-refractivity contribution in [2.45, 2.75) is 11.4 Å². The Labute approximate surface area is 94.5 Å². The van der Waals surface area contributed by atoms with Gasteiger partial charge in [0.1, 0.15) is 0 Å². The highest BCUT2D eigenvalue weighted by Gasteiger charge is 2.20. The van der Waals surface area contributed by atoms with Crippen molar-refractivity contribution >= 4 is 21.8 Å². The van der Waals surface area contributed by atoms with E-state index in [0.29, 0.717) is 13.1 Å². The van der Waals surface area contributed by atoms with Crippen molar-refractivity contribution in [1.82, 2.24) is 4.31 Å². The molecule has 1 aromatic carbocycles. The number of rotatable bonds is 1. The molecule has 2 rings (SSSR count). The van der Waals surface area contributed by atoms with Crippen LogP contribution in [0.2, 0.25) is 0 Å². The van der Waals surface area contributed by atoms with Gasteiger partial charge in [-0.1, -0.05) is 18.2 Å². The topological polar surface area (TPSA) is 37.4 Å². The molecule has 5 heteroatoms. The minimum absolute atomic E-state index is 0.502. The summed E-state index contributed by atoms with van der Waals surface area (Å²) in [5, 5.41) is 0. The maximum Gasteiger partial charge on any atom is 0.211 e. The van der Waals surface area contributed by atoms with Crippen molar-refractivity contribution in [2.75, 3.05) is 18.6 Å². The first-order chi connectivity index (χ1) is 7.07. The highest BCUT2D eigenvalue weighted by atomic mass is 32.2. The number of hydrogen-bond donors (Lipinski definition) is 0. The molecule has 0 saturated carbocycles. The summed E-state index contributed by atoms with van der Waals surface area (Å²) in [6.45, 7) is 1.10. The van der Waals surface area contributed by atoms with Crippen LogP contribution in [0.15, 0.2) is 29.2 Å². The van der Waals surface area contributed by atoms with Gasteiger partial charge in [0, 0.05) is 23.7 Å². The van der Waals surface area contributed by atoms with Crippen molar-refractivity contribution in [3.63, 3.8) is 0 Å². The fraction of sp³-hybridized carbons (Fsp3) is 0.400. The predicted octanol–water partition coefficient (Wildman–Crippen LogP) is 1.55. The van der Waals surface area contributed by atoms with Crippen LogP contribution in [0, 0.1) is 0 Å². The van der Waals surface area contributed by atoms with Crippen molar-refractivity contribution in [2.24, 2.45) is 0 Å². The van der Waals surface area contributed by atoms with Crippen LogP contribution in [0.4, 0.5) is 0 Å². The first-order valence-corrected chi connectivity index (χ1v) is 7.56. The standard InChI is InChI=1S/C10H13NO2S2/c1-15(12,13)11-6-7-14-10-5-3-2-4-9(10)8-11/h2-5H,6-8H2,1H3. The van der Waals surface area contributed by atoms with Crippen LogP contribution in [0.1, 0.15) is 5.56 Å². The Bertz CT molecular complexity index is 456. The number of thioether (sulfide) groups is 1. The highest BCUT2D eigenvalue weighted by Crippen LogP contribution is 2.27. The molecule has 0 spiro atoms. The average Bonchev–Trinajstić information content (AvgIpc) is 2.38. The monoisotopic (exact) mass is 243 g/mol. The Morgan fingerprint density at radius 3 is 2.80 bits per heavy atom. The van der Waals surface area contributed by atoms with Crippen molar-refractivity contribution in [1.29, 1.82) is 0 Å². The summed E-state index contributed by atoms with van der Waals surface area (Å²) >= 11 is 1.72. The maximum atomic E-state index is 11.5. The van der Waals surface area contributed by atoms with E-state index in [1.54, 1.807) is 11.8 Å². The molecule has 0 amide bonds. The van der Waals surface area contributed by atoms with Crippen LogP contribution in [0.25, 0.3) is 0 Å². The molecular weight excluding hydrogens is 230 g/mol. The molecule has 0 unspecified atom stereocenters. The van der Waals surface area contributed by atoms with Gasteiger partial charge in [0.25, 0.3) is 0 Å². The number of benzene rings is 1. The normalized spacial score (nSPS) is 18.2. The Morgan fingerprint density at radius 1 is 1.33 bits per heavy atom. The van der Waals surface area contributed by atoms with E-state index < -0.39 is 10.0 Å². The molecule has 0 bridgehead atoms. The fourth-order valence-corrected chi connectivity index (χ4v) is 3.52. The molecule has 3 nitrogen and oxygen atoms in total. The lowest BCUT2D eigenvalue weighted by Gasteiger charge is -2.16. The highest BCUT2D eigenvalue weighted by molar-refractivity contribution is 7.99. The van der Waals surface area contributed by atoms with Crippen molar-refractivity contribution in [3.05, 3.63) is 29.8 Å². The zero-order valence-electron chi connectivity index (χ0n) is 8.51. The molecule has 0 radical (unpaired) electrons. The van der Waals surface area contributed by atoms with E-state index >= 15 is 0 Å². The Balaban J connectivity index is 2.33. The predicted molar refractivity (Wildman–Crippen MR) is 62.4 cm³/mol. The van der Waals surface area contributed by atoms with Crippen LogP contribution in [-0.2, 0) is 16.6 Å². The van der Waals surface area contributed by atoms with Gasteiger partial charge >= 0.3 is 0 Å². The zero-order chi connectivity index (χ0) is 10.9. The second-order valence-corrected chi connectivity index (χ2v) is 6.67. The van der Waals surface area contributed by atoms with Gasteiger partial charge in [0.05, 0.1) is 6.26 Å². The summed E-state index contributed by atoms with van der Waals surface area (Å²) in [6, 6.07) is 7.98. The fourth-order valence-electron chi connectivity index (χ4n) is 1.58. The van der Waals surface area contributed by atoms with Crippen LogP contribution < -0.4 is 0 Å². The number of sulfonamides is 1. The smallest absolute Gasteiger partial charge is 0.211 e. The quantitative estimate of drug-likeness (QED) is 0.751. The van der Waals surface area contributed by atoms with Gasteiger partial charge in [-0.2, -0.15) is 4.31 Å². The van der Waals surface area contributed by atoms with Crippen molar-refractivity contribution < 1.29 is 8.42 Å². The Hall–Kier alpha value is -0.520. The lowest BCUT2D eigenvalue weighted by atomic mass is 10.2. The van der Waals surface area contributed by atoms with E-state index in [1.807, 2.05) is 24.3 Å². The average molecular weight is 243 g/mol. The molecule has 15 heavy (non-hydrogen) atoms. The van der Waals surface area contributed by atoms with E-state index in [4.69, 9.17) is 0 Å². The molecule has 1 aromatic rings. The Morgan fingerprint density at radius 2 is 2.07 bits per heavy atom. The van der Waals surface area contributed by atoms with Gasteiger partial charge in [0.2, 0.25) is 10.0 Å². The Kier molecular flexibility index (Phi) is 3.04. The summed E-state index contributed by atoms with van der Waals surface area (Å²) < 4.78 is 24.5. The van der Waals surface area contributed by atoms with Gasteiger partial charge in [-0.15, -0.1) is 11.8 Å². The first kappa shape index (κ1) is 11.0. The van der Waals surface area contributed by atoms with E-state index in [1.165, 1.54) is 15.5 Å². The summed E-state index contributed by atoms with van der Waals surface area (Å²) in [7, 11) is -3.07. The third kappa shape index (κ3) is 2.53. The second-order valence-electron chi connectivity index (χ2n) is 3.55. The first-order valence-electron chi connectivity index (χ1n) is 4.73. The molecule has 1 aliphatic heterocycles. The lowest BCUT2D eigenvalue weighted by Crippen LogP contribution is -2.30. The molecule has 0 atom stereocenters. The van der Waals surface area contributed by atoms with E-state index in [9.17, 15) is 8.42 Å². The molecule has 0 N–H and O–H groups in total. The lowest BCUT2D eigenvalue weighted by molar-refractivity contribution is 0.431. The van der Waals surface area contributed by atoms with Crippen molar-refractivity contribution in [3.8, 4) is 0 Å². The van der Waals surface area contributed by atoms with Gasteiger partial charge in [0.15, 0.2) is 0 Å². The molecule has 82 valence electrons. The number of fused-ring (bicyclic) bond motifs is 1. The van der Waals surface area contributed by atoms with E-state index in [0.717, 1.165) is 11.3 Å². The SMILES string of the molecule is CS(=O)(=O)N1CCSc2ccccc2C1. The summed E-state index contributed by atoms with van der Waals surface area (Å²) in [6.07, 6.45) is 1.27. The second kappa shape index (κ2) is 4.15. The molecule has 0 saturated heterocycles. The molecule has 0 aromatic heterocycles. The molecule has 0 fully saturated rings. The third-order valence-corrected chi connectivity index (χ3v) is 4.73. The van der Waals surface area contributed by atoms with Crippen LogP contribution in [0.3, 0.4) is 0 Å². The number of nitrogens with zero attached hydrogens (tertiary/aromatic N) is 1. The maximum absolute atomic E-state index is 11.5. The minimum Gasteiger partial charge on any atom is -0.212 e. The largest absolute Gasteiger partial charge is 0.212 e. The summed E-state index contributed by atoms with van der Waals surface area (Å²) in [5.41, 5.74) is 1.10. The molecular formula is C10H13NO2S2. The minimum atomic E-state index is -3.07. The van der Waals surface area contributed by atoms with Crippen LogP contribution in [0.5, 0.6) is 0 Å². The number of hydrogen-bond acceptors (Lipinski definition) is 3. The van der Waals surface area contributed by atoms with E-state index in [-0.39, 0.29) is 0 Å². The van der Waals surface area contributed by atoms with Crippen LogP contribution in [-0.4, -0.2) is 31.3 Å². The molecule has 0 aliphatic carbocycles. The van der Waals surface area contributed by atoms with Gasteiger partial charge in [-0.3, -0.25) is 0 Å². The molecule has 1 heterocycles. The van der Waals surface area contributed by atoms with E-state index in [2.05, 4.69) is 0 Å². The zero-order valence-corrected chi connectivity index (χ0v) is 10.1. The van der Waals surface area contributed by atoms with Gasteiger partial charge < -0.3 is 0 Å². The molecule has 1 aliphatic rings. The summed E-state index contributed by atoms with van der Waals surface area (Å²) in [5.74, 6) is 0.823. The summed E-state index contributed by atoms with van der Waals surface area (Å²) in [4.78, 5) is 1.20. The van der Waals surface area contributed by atoms with Gasteiger partial charge in [-0.05, 0) is 11.6 Å².